The Labute approximate surface area is 116 Å². The molecule has 2 amide bonds. The second kappa shape index (κ2) is 7.48. The SMILES string of the molecule is CC(N)CCCC(=O)N1CCC(C(=O)N(C)C)CC1. The van der Waals surface area contributed by atoms with E-state index < -0.39 is 0 Å². The third-order valence-corrected chi connectivity index (χ3v) is 3.69. The Morgan fingerprint density at radius 1 is 1.32 bits per heavy atom. The quantitative estimate of drug-likeness (QED) is 0.804. The number of carbonyl (C=O) groups is 2. The first kappa shape index (κ1) is 16.0. The third kappa shape index (κ3) is 5.19. The summed E-state index contributed by atoms with van der Waals surface area (Å²) < 4.78 is 0. The van der Waals surface area contributed by atoms with Crippen LogP contribution in [-0.2, 0) is 9.59 Å². The first-order valence-electron chi connectivity index (χ1n) is 7.16. The summed E-state index contributed by atoms with van der Waals surface area (Å²) in [6.07, 6.45) is 3.90. The van der Waals surface area contributed by atoms with Crippen LogP contribution in [0.15, 0.2) is 0 Å². The summed E-state index contributed by atoms with van der Waals surface area (Å²) in [5, 5.41) is 0. The molecule has 0 saturated carbocycles. The lowest BCUT2D eigenvalue weighted by atomic mass is 9.95. The molecule has 1 fully saturated rings. The predicted molar refractivity (Wildman–Crippen MR) is 75.5 cm³/mol. The molecule has 1 saturated heterocycles. The molecule has 0 bridgehead atoms. The fraction of sp³-hybridized carbons (Fsp3) is 0.857. The van der Waals surface area contributed by atoms with Crippen molar-refractivity contribution in [3.63, 3.8) is 0 Å². The minimum Gasteiger partial charge on any atom is -0.349 e. The van der Waals surface area contributed by atoms with Gasteiger partial charge in [-0.25, -0.2) is 0 Å². The molecule has 0 spiro atoms. The van der Waals surface area contributed by atoms with Gasteiger partial charge in [0.15, 0.2) is 0 Å². The van der Waals surface area contributed by atoms with Crippen molar-refractivity contribution in [2.75, 3.05) is 27.2 Å². The summed E-state index contributed by atoms with van der Waals surface area (Å²) in [6, 6.07) is 0.163. The lowest BCUT2D eigenvalue weighted by Gasteiger charge is -2.32. The number of carbonyl (C=O) groups excluding carboxylic acids is 2. The van der Waals surface area contributed by atoms with Gasteiger partial charge >= 0.3 is 0 Å². The molecule has 1 heterocycles. The highest BCUT2D eigenvalue weighted by molar-refractivity contribution is 5.79. The number of rotatable bonds is 5. The highest BCUT2D eigenvalue weighted by atomic mass is 16.2. The molecule has 0 aromatic heterocycles. The Bertz CT molecular complexity index is 308. The van der Waals surface area contributed by atoms with Gasteiger partial charge in [0.25, 0.3) is 0 Å². The maximum absolute atomic E-state index is 12.0. The minimum atomic E-state index is 0.0862. The summed E-state index contributed by atoms with van der Waals surface area (Å²) >= 11 is 0. The van der Waals surface area contributed by atoms with Gasteiger partial charge in [-0.15, -0.1) is 0 Å². The molecule has 1 atom stereocenters. The number of hydrogen-bond donors (Lipinski definition) is 1. The number of nitrogens with zero attached hydrogens (tertiary/aromatic N) is 2. The second-order valence-corrected chi connectivity index (χ2v) is 5.76. The van der Waals surface area contributed by atoms with Gasteiger partial charge in [-0.3, -0.25) is 9.59 Å². The zero-order chi connectivity index (χ0) is 14.4. The maximum Gasteiger partial charge on any atom is 0.225 e. The van der Waals surface area contributed by atoms with Crippen molar-refractivity contribution in [2.45, 2.75) is 45.1 Å². The third-order valence-electron chi connectivity index (χ3n) is 3.69. The van der Waals surface area contributed by atoms with Gasteiger partial charge in [0.05, 0.1) is 0 Å². The van der Waals surface area contributed by atoms with E-state index in [2.05, 4.69) is 0 Å². The van der Waals surface area contributed by atoms with Crippen LogP contribution in [0.3, 0.4) is 0 Å². The van der Waals surface area contributed by atoms with Crippen LogP contribution in [-0.4, -0.2) is 54.8 Å². The van der Waals surface area contributed by atoms with Crippen LogP contribution in [0.25, 0.3) is 0 Å². The maximum atomic E-state index is 12.0. The van der Waals surface area contributed by atoms with Crippen molar-refractivity contribution in [3.05, 3.63) is 0 Å². The number of hydrogen-bond acceptors (Lipinski definition) is 3. The molecule has 2 N–H and O–H groups in total. The van der Waals surface area contributed by atoms with E-state index in [1.807, 2.05) is 11.8 Å². The van der Waals surface area contributed by atoms with Crippen molar-refractivity contribution >= 4 is 11.8 Å². The summed E-state index contributed by atoms with van der Waals surface area (Å²) in [5.74, 6) is 0.476. The van der Waals surface area contributed by atoms with Crippen molar-refractivity contribution < 1.29 is 9.59 Å². The molecule has 5 heteroatoms. The van der Waals surface area contributed by atoms with Gasteiger partial charge in [-0.2, -0.15) is 0 Å². The summed E-state index contributed by atoms with van der Waals surface area (Å²) in [6.45, 7) is 3.38. The van der Waals surface area contributed by atoms with E-state index in [9.17, 15) is 9.59 Å². The molecule has 0 aliphatic carbocycles. The molecular formula is C14H27N3O2. The topological polar surface area (TPSA) is 66.6 Å². The summed E-state index contributed by atoms with van der Waals surface area (Å²) in [7, 11) is 3.57. The van der Waals surface area contributed by atoms with E-state index in [-0.39, 0.29) is 23.8 Å². The Balaban J connectivity index is 2.29. The van der Waals surface area contributed by atoms with Crippen molar-refractivity contribution in [2.24, 2.45) is 11.7 Å². The van der Waals surface area contributed by atoms with Crippen LogP contribution in [0, 0.1) is 5.92 Å². The molecule has 0 radical (unpaired) electrons. The van der Waals surface area contributed by atoms with Crippen molar-refractivity contribution in [3.8, 4) is 0 Å². The lowest BCUT2D eigenvalue weighted by Crippen LogP contribution is -2.42. The zero-order valence-corrected chi connectivity index (χ0v) is 12.4. The Morgan fingerprint density at radius 3 is 2.37 bits per heavy atom. The normalized spacial score (nSPS) is 18.2. The van der Waals surface area contributed by atoms with E-state index in [1.165, 1.54) is 0 Å². The van der Waals surface area contributed by atoms with Crippen LogP contribution in [0.4, 0.5) is 0 Å². The number of nitrogens with two attached hydrogens (primary N) is 1. The second-order valence-electron chi connectivity index (χ2n) is 5.76. The first-order chi connectivity index (χ1) is 8.91. The van der Waals surface area contributed by atoms with Gasteiger partial charge < -0.3 is 15.5 Å². The van der Waals surface area contributed by atoms with E-state index in [0.29, 0.717) is 19.5 Å². The predicted octanol–water partition coefficient (Wildman–Crippen LogP) is 0.831. The molecule has 5 nitrogen and oxygen atoms in total. The van der Waals surface area contributed by atoms with E-state index in [1.54, 1.807) is 19.0 Å². The molecule has 1 aliphatic rings. The van der Waals surface area contributed by atoms with Crippen LogP contribution in [0.1, 0.15) is 39.0 Å². The molecule has 1 unspecified atom stereocenters. The van der Waals surface area contributed by atoms with Gasteiger partial charge in [0.1, 0.15) is 0 Å². The molecule has 0 aromatic carbocycles. The zero-order valence-electron chi connectivity index (χ0n) is 12.4. The van der Waals surface area contributed by atoms with Crippen molar-refractivity contribution in [1.29, 1.82) is 0 Å². The van der Waals surface area contributed by atoms with Crippen molar-refractivity contribution in [1.82, 2.24) is 9.80 Å². The molecular weight excluding hydrogens is 242 g/mol. The fourth-order valence-corrected chi connectivity index (χ4v) is 2.47. The van der Waals surface area contributed by atoms with Crippen LogP contribution < -0.4 is 5.73 Å². The van der Waals surface area contributed by atoms with Gasteiger partial charge in [0.2, 0.25) is 11.8 Å². The smallest absolute Gasteiger partial charge is 0.225 e. The van der Waals surface area contributed by atoms with E-state index >= 15 is 0 Å². The lowest BCUT2D eigenvalue weighted by molar-refractivity contribution is -0.139. The monoisotopic (exact) mass is 269 g/mol. The Morgan fingerprint density at radius 2 is 1.89 bits per heavy atom. The van der Waals surface area contributed by atoms with Crippen LogP contribution >= 0.6 is 0 Å². The average Bonchev–Trinajstić information content (AvgIpc) is 2.37. The van der Waals surface area contributed by atoms with E-state index in [0.717, 1.165) is 25.7 Å². The highest BCUT2D eigenvalue weighted by Crippen LogP contribution is 2.19. The molecule has 1 aliphatic heterocycles. The number of likely N-dealkylation sites (tertiary alicyclic amines) is 1. The Kier molecular flexibility index (Phi) is 6.28. The van der Waals surface area contributed by atoms with Crippen LogP contribution in [0.5, 0.6) is 0 Å². The van der Waals surface area contributed by atoms with Gasteiger partial charge in [-0.1, -0.05) is 0 Å². The first-order valence-corrected chi connectivity index (χ1v) is 7.16. The standard InChI is InChI=1S/C14H27N3O2/c1-11(15)5-4-6-13(18)17-9-7-12(8-10-17)14(19)16(2)3/h11-12H,4-10,15H2,1-3H3. The number of piperidine rings is 1. The number of amides is 2. The minimum absolute atomic E-state index is 0.0862. The molecule has 19 heavy (non-hydrogen) atoms. The van der Waals surface area contributed by atoms with Gasteiger partial charge in [0, 0.05) is 45.6 Å². The summed E-state index contributed by atoms with van der Waals surface area (Å²) in [4.78, 5) is 27.3. The van der Waals surface area contributed by atoms with Gasteiger partial charge in [-0.05, 0) is 32.6 Å². The average molecular weight is 269 g/mol. The van der Waals surface area contributed by atoms with Crippen LogP contribution in [0.2, 0.25) is 0 Å². The summed E-state index contributed by atoms with van der Waals surface area (Å²) in [5.41, 5.74) is 5.67. The highest BCUT2D eigenvalue weighted by Gasteiger charge is 2.27. The Hall–Kier alpha value is -1.10. The largest absolute Gasteiger partial charge is 0.349 e. The van der Waals surface area contributed by atoms with E-state index in [4.69, 9.17) is 5.73 Å². The molecule has 0 aromatic rings. The fourth-order valence-electron chi connectivity index (χ4n) is 2.47. The molecule has 110 valence electrons. The molecule has 1 rings (SSSR count).